The van der Waals surface area contributed by atoms with Crippen LogP contribution in [0.25, 0.3) is 0 Å². The number of aryl methyl sites for hydroxylation is 1. The van der Waals surface area contributed by atoms with Crippen molar-refractivity contribution in [3.63, 3.8) is 0 Å². The number of benzene rings is 1. The Balaban J connectivity index is 2.21. The lowest BCUT2D eigenvalue weighted by Gasteiger charge is -2.11. The fourth-order valence-corrected chi connectivity index (χ4v) is 1.34. The topological polar surface area (TPSA) is 44.4 Å². The molecule has 0 spiro atoms. The van der Waals surface area contributed by atoms with Crippen molar-refractivity contribution in [1.29, 1.82) is 0 Å². The molecule has 0 heterocycles. The van der Waals surface area contributed by atoms with Crippen molar-refractivity contribution in [3.8, 4) is 0 Å². The lowest BCUT2D eigenvalue weighted by atomic mass is 10.2. The average molecular weight is 235 g/mol. The fourth-order valence-electron chi connectivity index (χ4n) is 1.34. The molecule has 1 amide bonds. The SMILES string of the molecule is Cc1ccc(NCC(=O)NCCN(C)C)cc1. The van der Waals surface area contributed by atoms with Gasteiger partial charge in [0.25, 0.3) is 0 Å². The summed E-state index contributed by atoms with van der Waals surface area (Å²) < 4.78 is 0. The van der Waals surface area contributed by atoms with Crippen molar-refractivity contribution >= 4 is 11.6 Å². The van der Waals surface area contributed by atoms with E-state index in [1.165, 1.54) is 5.56 Å². The van der Waals surface area contributed by atoms with Gasteiger partial charge >= 0.3 is 0 Å². The zero-order valence-corrected chi connectivity index (χ0v) is 10.8. The lowest BCUT2D eigenvalue weighted by molar-refractivity contribution is -0.119. The van der Waals surface area contributed by atoms with Crippen LogP contribution in [0, 0.1) is 6.92 Å². The molecule has 0 fully saturated rings. The highest BCUT2D eigenvalue weighted by Gasteiger charge is 2.00. The van der Waals surface area contributed by atoms with Gasteiger partial charge < -0.3 is 15.5 Å². The smallest absolute Gasteiger partial charge is 0.239 e. The van der Waals surface area contributed by atoms with Crippen LogP contribution in [0.3, 0.4) is 0 Å². The maximum Gasteiger partial charge on any atom is 0.239 e. The largest absolute Gasteiger partial charge is 0.376 e. The Hall–Kier alpha value is -1.55. The van der Waals surface area contributed by atoms with Crippen LogP contribution >= 0.6 is 0 Å². The molecule has 2 N–H and O–H groups in total. The molecule has 0 aliphatic rings. The molecule has 0 bridgehead atoms. The van der Waals surface area contributed by atoms with Gasteiger partial charge in [0.2, 0.25) is 5.91 Å². The van der Waals surface area contributed by atoms with Crippen LogP contribution in [0.15, 0.2) is 24.3 Å². The standard InChI is InChI=1S/C13H21N3O/c1-11-4-6-12(7-5-11)15-10-13(17)14-8-9-16(2)3/h4-7,15H,8-10H2,1-3H3,(H,14,17). The molecule has 94 valence electrons. The Morgan fingerprint density at radius 3 is 2.47 bits per heavy atom. The van der Waals surface area contributed by atoms with Crippen molar-refractivity contribution in [3.05, 3.63) is 29.8 Å². The molecule has 0 saturated carbocycles. The average Bonchev–Trinajstić information content (AvgIpc) is 2.28. The molecule has 1 aromatic carbocycles. The molecule has 0 aliphatic carbocycles. The second-order valence-corrected chi connectivity index (χ2v) is 4.37. The van der Waals surface area contributed by atoms with Gasteiger partial charge in [0.15, 0.2) is 0 Å². The highest BCUT2D eigenvalue weighted by atomic mass is 16.1. The van der Waals surface area contributed by atoms with Crippen molar-refractivity contribution in [2.45, 2.75) is 6.92 Å². The first-order valence-corrected chi connectivity index (χ1v) is 5.80. The van der Waals surface area contributed by atoms with Gasteiger partial charge in [0.05, 0.1) is 6.54 Å². The minimum absolute atomic E-state index is 0.0208. The van der Waals surface area contributed by atoms with Crippen LogP contribution in [0.1, 0.15) is 5.56 Å². The first-order chi connectivity index (χ1) is 8.08. The second kappa shape index (κ2) is 6.91. The number of nitrogens with one attached hydrogen (secondary N) is 2. The Bertz CT molecular complexity index is 346. The molecular weight excluding hydrogens is 214 g/mol. The zero-order chi connectivity index (χ0) is 12.7. The number of carbonyl (C=O) groups excluding carboxylic acids is 1. The fraction of sp³-hybridized carbons (Fsp3) is 0.462. The number of nitrogens with zero attached hydrogens (tertiary/aromatic N) is 1. The van der Waals surface area contributed by atoms with Crippen molar-refractivity contribution < 1.29 is 4.79 Å². The lowest BCUT2D eigenvalue weighted by Crippen LogP contribution is -2.34. The molecule has 0 radical (unpaired) electrons. The minimum atomic E-state index is 0.0208. The molecule has 1 aromatic rings. The number of hydrogen-bond donors (Lipinski definition) is 2. The van der Waals surface area contributed by atoms with E-state index in [-0.39, 0.29) is 5.91 Å². The third-order valence-corrected chi connectivity index (χ3v) is 2.39. The normalized spacial score (nSPS) is 10.4. The first-order valence-electron chi connectivity index (χ1n) is 5.80. The Morgan fingerprint density at radius 2 is 1.88 bits per heavy atom. The summed E-state index contributed by atoms with van der Waals surface area (Å²) in [5.41, 5.74) is 2.18. The van der Waals surface area contributed by atoms with Crippen LogP contribution in [0.5, 0.6) is 0 Å². The van der Waals surface area contributed by atoms with Crippen molar-refractivity contribution in [2.24, 2.45) is 0 Å². The number of hydrogen-bond acceptors (Lipinski definition) is 3. The van der Waals surface area contributed by atoms with Gasteiger partial charge in [-0.05, 0) is 33.2 Å². The Labute approximate surface area is 103 Å². The maximum absolute atomic E-state index is 11.5. The summed E-state index contributed by atoms with van der Waals surface area (Å²) in [6.45, 7) is 3.89. The third kappa shape index (κ3) is 5.92. The van der Waals surface area contributed by atoms with Crippen LogP contribution in [-0.2, 0) is 4.79 Å². The highest BCUT2D eigenvalue weighted by Crippen LogP contribution is 2.07. The summed E-state index contributed by atoms with van der Waals surface area (Å²) in [4.78, 5) is 13.5. The van der Waals surface area contributed by atoms with E-state index in [2.05, 4.69) is 10.6 Å². The maximum atomic E-state index is 11.5. The van der Waals surface area contributed by atoms with Gasteiger partial charge in [0.1, 0.15) is 0 Å². The molecule has 1 rings (SSSR count). The quantitative estimate of drug-likeness (QED) is 0.775. The van der Waals surface area contributed by atoms with E-state index >= 15 is 0 Å². The first kappa shape index (κ1) is 13.5. The highest BCUT2D eigenvalue weighted by molar-refractivity contribution is 5.80. The van der Waals surface area contributed by atoms with Crippen LogP contribution in [-0.4, -0.2) is 44.5 Å². The van der Waals surface area contributed by atoms with Gasteiger partial charge in [-0.1, -0.05) is 17.7 Å². The predicted octanol–water partition coefficient (Wildman–Crippen LogP) is 1.08. The van der Waals surface area contributed by atoms with E-state index in [9.17, 15) is 4.79 Å². The van der Waals surface area contributed by atoms with Crippen molar-refractivity contribution in [2.75, 3.05) is 39.0 Å². The molecule has 0 saturated heterocycles. The molecular formula is C13H21N3O. The molecule has 0 unspecified atom stereocenters. The molecule has 0 aliphatic heterocycles. The number of rotatable bonds is 6. The van der Waals surface area contributed by atoms with E-state index in [0.717, 1.165) is 12.2 Å². The van der Waals surface area contributed by atoms with Crippen LogP contribution in [0.2, 0.25) is 0 Å². The molecule has 4 nitrogen and oxygen atoms in total. The van der Waals surface area contributed by atoms with Crippen LogP contribution in [0.4, 0.5) is 5.69 Å². The van der Waals surface area contributed by atoms with Gasteiger partial charge in [-0.15, -0.1) is 0 Å². The zero-order valence-electron chi connectivity index (χ0n) is 10.8. The van der Waals surface area contributed by atoms with E-state index in [1.54, 1.807) is 0 Å². The number of amides is 1. The summed E-state index contributed by atoms with van der Waals surface area (Å²) in [6.07, 6.45) is 0. The minimum Gasteiger partial charge on any atom is -0.376 e. The third-order valence-electron chi connectivity index (χ3n) is 2.39. The van der Waals surface area contributed by atoms with Gasteiger partial charge in [-0.2, -0.15) is 0 Å². The summed E-state index contributed by atoms with van der Waals surface area (Å²) in [5, 5.41) is 5.94. The monoisotopic (exact) mass is 235 g/mol. The van der Waals surface area contributed by atoms with E-state index in [4.69, 9.17) is 0 Å². The summed E-state index contributed by atoms with van der Waals surface area (Å²) in [6, 6.07) is 7.99. The van der Waals surface area contributed by atoms with E-state index in [0.29, 0.717) is 13.1 Å². The number of anilines is 1. The predicted molar refractivity (Wildman–Crippen MR) is 71.2 cm³/mol. The molecule has 17 heavy (non-hydrogen) atoms. The summed E-state index contributed by atoms with van der Waals surface area (Å²) in [5.74, 6) is 0.0208. The summed E-state index contributed by atoms with van der Waals surface area (Å²) >= 11 is 0. The van der Waals surface area contributed by atoms with Crippen molar-refractivity contribution in [1.82, 2.24) is 10.2 Å². The Kier molecular flexibility index (Phi) is 5.49. The van der Waals surface area contributed by atoms with E-state index < -0.39 is 0 Å². The van der Waals surface area contributed by atoms with Gasteiger partial charge in [-0.3, -0.25) is 4.79 Å². The summed E-state index contributed by atoms with van der Waals surface area (Å²) in [7, 11) is 3.97. The van der Waals surface area contributed by atoms with E-state index in [1.807, 2.05) is 50.2 Å². The number of carbonyl (C=O) groups is 1. The van der Waals surface area contributed by atoms with Gasteiger partial charge in [0, 0.05) is 18.8 Å². The Morgan fingerprint density at radius 1 is 1.24 bits per heavy atom. The number of likely N-dealkylation sites (N-methyl/N-ethyl adjacent to an activating group) is 1. The second-order valence-electron chi connectivity index (χ2n) is 4.37. The van der Waals surface area contributed by atoms with Crippen LogP contribution < -0.4 is 10.6 Å². The molecule has 4 heteroatoms. The molecule has 0 atom stereocenters. The molecule has 0 aromatic heterocycles. The van der Waals surface area contributed by atoms with Gasteiger partial charge in [-0.25, -0.2) is 0 Å².